The van der Waals surface area contributed by atoms with Crippen LogP contribution in [0.5, 0.6) is 5.75 Å². The van der Waals surface area contributed by atoms with Gasteiger partial charge >= 0.3 is 0 Å². The highest BCUT2D eigenvalue weighted by atomic mass is 19.1. The van der Waals surface area contributed by atoms with Crippen molar-refractivity contribution in [2.45, 2.75) is 19.3 Å². The van der Waals surface area contributed by atoms with Crippen LogP contribution in [0.1, 0.15) is 18.4 Å². The van der Waals surface area contributed by atoms with Gasteiger partial charge in [0.25, 0.3) is 0 Å². The molecule has 0 aromatic heterocycles. The summed E-state index contributed by atoms with van der Waals surface area (Å²) in [6.07, 6.45) is 3.26. The molecule has 3 heteroatoms. The highest BCUT2D eigenvalue weighted by Gasteiger charge is 2.02. The molecule has 2 rings (SSSR count). The van der Waals surface area contributed by atoms with Crippen LogP contribution in [0.15, 0.2) is 48.5 Å². The average Bonchev–Trinajstić information content (AvgIpc) is 2.48. The lowest BCUT2D eigenvalue weighted by Crippen LogP contribution is -2.02. The zero-order chi connectivity index (χ0) is 14.2. The van der Waals surface area contributed by atoms with Gasteiger partial charge in [0, 0.05) is 18.3 Å². The monoisotopic (exact) mass is 273 g/mol. The summed E-state index contributed by atoms with van der Waals surface area (Å²) in [6.45, 7) is 0.846. The molecule has 0 saturated heterocycles. The second kappa shape index (κ2) is 7.53. The molecule has 2 aromatic carbocycles. The minimum atomic E-state index is -0.332. The molecule has 20 heavy (non-hydrogen) atoms. The normalized spacial score (nSPS) is 10.3. The lowest BCUT2D eigenvalue weighted by atomic mass is 10.1. The Kier molecular flexibility index (Phi) is 5.42. The van der Waals surface area contributed by atoms with Crippen molar-refractivity contribution in [2.75, 3.05) is 19.0 Å². The molecule has 0 aliphatic heterocycles. The van der Waals surface area contributed by atoms with Crippen LogP contribution in [0, 0.1) is 5.82 Å². The molecule has 0 atom stereocenters. The van der Waals surface area contributed by atoms with E-state index >= 15 is 0 Å². The molecule has 0 amide bonds. The van der Waals surface area contributed by atoms with E-state index in [-0.39, 0.29) is 11.6 Å². The summed E-state index contributed by atoms with van der Waals surface area (Å²) in [7, 11) is 1.47. The SMILES string of the molecule is COc1ccc(NCCCCc2ccccc2)cc1F. The molecule has 0 heterocycles. The maximum Gasteiger partial charge on any atom is 0.167 e. The summed E-state index contributed by atoms with van der Waals surface area (Å²) in [5.41, 5.74) is 2.16. The number of aryl methyl sites for hydroxylation is 1. The molecule has 0 aliphatic rings. The Morgan fingerprint density at radius 1 is 1.05 bits per heavy atom. The van der Waals surface area contributed by atoms with Crippen LogP contribution >= 0.6 is 0 Å². The third kappa shape index (κ3) is 4.26. The fraction of sp³-hybridized carbons (Fsp3) is 0.294. The first kappa shape index (κ1) is 14.4. The molecule has 0 fully saturated rings. The number of ether oxygens (including phenoxy) is 1. The van der Waals surface area contributed by atoms with Gasteiger partial charge in [-0.1, -0.05) is 30.3 Å². The number of anilines is 1. The van der Waals surface area contributed by atoms with Gasteiger partial charge in [-0.05, 0) is 37.0 Å². The number of hydrogen-bond donors (Lipinski definition) is 1. The van der Waals surface area contributed by atoms with Crippen LogP contribution in [0.4, 0.5) is 10.1 Å². The number of nitrogens with one attached hydrogen (secondary N) is 1. The Morgan fingerprint density at radius 2 is 1.85 bits per heavy atom. The predicted molar refractivity (Wildman–Crippen MR) is 80.8 cm³/mol. The van der Waals surface area contributed by atoms with E-state index in [9.17, 15) is 4.39 Å². The Balaban J connectivity index is 1.69. The third-order valence-electron chi connectivity index (χ3n) is 3.22. The summed E-state index contributed by atoms with van der Waals surface area (Å²) in [6, 6.07) is 15.4. The Bertz CT molecular complexity index is 528. The molecule has 1 N–H and O–H groups in total. The molecule has 0 radical (unpaired) electrons. The number of hydrogen-bond acceptors (Lipinski definition) is 2. The Morgan fingerprint density at radius 3 is 2.55 bits per heavy atom. The number of rotatable bonds is 7. The van der Waals surface area contributed by atoms with Crippen molar-refractivity contribution < 1.29 is 9.13 Å². The lowest BCUT2D eigenvalue weighted by molar-refractivity contribution is 0.386. The van der Waals surface area contributed by atoms with Gasteiger partial charge in [-0.2, -0.15) is 0 Å². The fourth-order valence-electron chi connectivity index (χ4n) is 2.11. The van der Waals surface area contributed by atoms with Gasteiger partial charge in [-0.25, -0.2) is 4.39 Å². The molecule has 106 valence electrons. The standard InChI is InChI=1S/C17H20FNO/c1-20-17-11-10-15(13-16(17)18)19-12-6-5-9-14-7-3-2-4-8-14/h2-4,7-8,10-11,13,19H,5-6,9,12H2,1H3. The van der Waals surface area contributed by atoms with Gasteiger partial charge in [0.1, 0.15) is 0 Å². The number of benzene rings is 2. The molecule has 0 aliphatic carbocycles. The van der Waals surface area contributed by atoms with Crippen LogP contribution in [0.25, 0.3) is 0 Å². The van der Waals surface area contributed by atoms with Crippen molar-refractivity contribution in [1.82, 2.24) is 0 Å². The first-order valence-corrected chi connectivity index (χ1v) is 6.91. The van der Waals surface area contributed by atoms with Crippen molar-refractivity contribution in [2.24, 2.45) is 0 Å². The van der Waals surface area contributed by atoms with E-state index < -0.39 is 0 Å². The third-order valence-corrected chi connectivity index (χ3v) is 3.22. The summed E-state index contributed by atoms with van der Waals surface area (Å²) >= 11 is 0. The molecule has 0 spiro atoms. The van der Waals surface area contributed by atoms with Crippen LogP contribution in [0.2, 0.25) is 0 Å². The van der Waals surface area contributed by atoms with Crippen LogP contribution < -0.4 is 10.1 Å². The molecule has 0 bridgehead atoms. The van der Waals surface area contributed by atoms with E-state index in [2.05, 4.69) is 29.6 Å². The van der Waals surface area contributed by atoms with E-state index in [4.69, 9.17) is 4.74 Å². The second-order valence-electron chi connectivity index (χ2n) is 4.72. The van der Waals surface area contributed by atoms with E-state index in [1.54, 1.807) is 6.07 Å². The highest BCUT2D eigenvalue weighted by molar-refractivity contribution is 5.47. The van der Waals surface area contributed by atoms with Gasteiger partial charge in [0.05, 0.1) is 7.11 Å². The fourth-order valence-corrected chi connectivity index (χ4v) is 2.11. The molecule has 0 unspecified atom stereocenters. The smallest absolute Gasteiger partial charge is 0.167 e. The molecule has 0 saturated carbocycles. The average molecular weight is 273 g/mol. The van der Waals surface area contributed by atoms with E-state index in [1.807, 2.05) is 12.1 Å². The number of unbranched alkanes of at least 4 members (excludes halogenated alkanes) is 1. The van der Waals surface area contributed by atoms with Crippen molar-refractivity contribution in [1.29, 1.82) is 0 Å². The zero-order valence-electron chi connectivity index (χ0n) is 11.7. The number of halogens is 1. The predicted octanol–water partition coefficient (Wildman–Crippen LogP) is 4.27. The highest BCUT2D eigenvalue weighted by Crippen LogP contribution is 2.20. The van der Waals surface area contributed by atoms with E-state index in [0.29, 0.717) is 0 Å². The van der Waals surface area contributed by atoms with Crippen LogP contribution in [-0.2, 0) is 6.42 Å². The molecular formula is C17H20FNO. The zero-order valence-corrected chi connectivity index (χ0v) is 11.7. The quantitative estimate of drug-likeness (QED) is 0.761. The van der Waals surface area contributed by atoms with Gasteiger partial charge < -0.3 is 10.1 Å². The summed E-state index contributed by atoms with van der Waals surface area (Å²) in [5, 5.41) is 3.23. The van der Waals surface area contributed by atoms with Crippen molar-refractivity contribution in [3.63, 3.8) is 0 Å². The Labute approximate surface area is 119 Å². The first-order valence-electron chi connectivity index (χ1n) is 6.91. The van der Waals surface area contributed by atoms with Crippen LogP contribution in [-0.4, -0.2) is 13.7 Å². The maximum atomic E-state index is 13.5. The summed E-state index contributed by atoms with van der Waals surface area (Å²) in [5.74, 6) is -0.0542. The van der Waals surface area contributed by atoms with E-state index in [0.717, 1.165) is 31.5 Å². The van der Waals surface area contributed by atoms with Gasteiger partial charge in [0.2, 0.25) is 0 Å². The van der Waals surface area contributed by atoms with Gasteiger partial charge in [0.15, 0.2) is 11.6 Å². The minimum Gasteiger partial charge on any atom is -0.494 e. The molecular weight excluding hydrogens is 253 g/mol. The summed E-state index contributed by atoms with van der Waals surface area (Å²) in [4.78, 5) is 0. The lowest BCUT2D eigenvalue weighted by Gasteiger charge is -2.08. The van der Waals surface area contributed by atoms with Gasteiger partial charge in [-0.3, -0.25) is 0 Å². The topological polar surface area (TPSA) is 21.3 Å². The molecule has 2 nitrogen and oxygen atoms in total. The van der Waals surface area contributed by atoms with Crippen molar-refractivity contribution in [3.05, 3.63) is 59.9 Å². The first-order chi connectivity index (χ1) is 9.79. The number of methoxy groups -OCH3 is 1. The largest absolute Gasteiger partial charge is 0.494 e. The summed E-state index contributed by atoms with van der Waals surface area (Å²) < 4.78 is 18.4. The minimum absolute atomic E-state index is 0.277. The van der Waals surface area contributed by atoms with Crippen molar-refractivity contribution in [3.8, 4) is 5.75 Å². The van der Waals surface area contributed by atoms with Gasteiger partial charge in [-0.15, -0.1) is 0 Å². The second-order valence-corrected chi connectivity index (χ2v) is 4.72. The maximum absolute atomic E-state index is 13.5. The molecule has 2 aromatic rings. The van der Waals surface area contributed by atoms with E-state index in [1.165, 1.54) is 18.7 Å². The van der Waals surface area contributed by atoms with Crippen molar-refractivity contribution >= 4 is 5.69 Å². The van der Waals surface area contributed by atoms with Crippen LogP contribution in [0.3, 0.4) is 0 Å². The Hall–Kier alpha value is -2.03.